The monoisotopic (exact) mass is 394 g/mol. The molecule has 5 nitrogen and oxygen atoms in total. The Morgan fingerprint density at radius 1 is 0.962 bits per heavy atom. The van der Waals surface area contributed by atoms with Gasteiger partial charge >= 0.3 is 0 Å². The second-order valence-electron chi connectivity index (χ2n) is 6.45. The van der Waals surface area contributed by atoms with Gasteiger partial charge in [-0.1, -0.05) is 23.7 Å². The summed E-state index contributed by atoms with van der Waals surface area (Å²) in [7, 11) is 0.617. The van der Waals surface area contributed by atoms with E-state index < -0.39 is 9.84 Å². The summed E-state index contributed by atoms with van der Waals surface area (Å²) in [4.78, 5) is 16.9. The van der Waals surface area contributed by atoms with Gasteiger partial charge in [0.2, 0.25) is 0 Å². The maximum atomic E-state index is 12.9. The highest BCUT2D eigenvalue weighted by Crippen LogP contribution is 2.16. The normalized spacial score (nSPS) is 11.6. The summed E-state index contributed by atoms with van der Waals surface area (Å²) >= 11 is 5.92. The van der Waals surface area contributed by atoms with Crippen LogP contribution in [0.1, 0.15) is 15.9 Å². The number of likely N-dealkylation sites (N-methyl/N-ethyl adjacent to an activating group) is 1. The highest BCUT2D eigenvalue weighted by Gasteiger charge is 2.17. The lowest BCUT2D eigenvalue weighted by Crippen LogP contribution is -2.36. The molecule has 1 amide bonds. The van der Waals surface area contributed by atoms with Crippen LogP contribution in [-0.2, 0) is 16.4 Å². The van der Waals surface area contributed by atoms with Gasteiger partial charge in [-0.3, -0.25) is 4.79 Å². The molecule has 2 aromatic rings. The first-order valence-corrected chi connectivity index (χ1v) is 10.4. The molecule has 0 unspecified atom stereocenters. The molecule has 0 aromatic heterocycles. The number of hydrogen-bond acceptors (Lipinski definition) is 4. The number of benzene rings is 2. The van der Waals surface area contributed by atoms with E-state index in [2.05, 4.69) is 0 Å². The lowest BCUT2D eigenvalue weighted by Gasteiger charge is -2.25. The molecule has 0 saturated carbocycles. The van der Waals surface area contributed by atoms with Crippen molar-refractivity contribution in [3.05, 3.63) is 64.7 Å². The largest absolute Gasteiger partial charge is 0.333 e. The van der Waals surface area contributed by atoms with Gasteiger partial charge in [0.05, 0.1) is 4.90 Å². The molecule has 2 rings (SSSR count). The van der Waals surface area contributed by atoms with E-state index in [9.17, 15) is 13.2 Å². The SMILES string of the molecule is CN(C)CCN(Cc1ccc(Cl)cc1)C(=O)c1ccc(S(C)(=O)=O)cc1. The van der Waals surface area contributed by atoms with Gasteiger partial charge in [-0.2, -0.15) is 0 Å². The minimum absolute atomic E-state index is 0.137. The molecule has 0 aliphatic rings. The van der Waals surface area contributed by atoms with Gasteiger partial charge in [0.15, 0.2) is 9.84 Å². The number of nitrogens with zero attached hydrogens (tertiary/aromatic N) is 2. The number of sulfone groups is 1. The van der Waals surface area contributed by atoms with Gasteiger partial charge in [-0.25, -0.2) is 8.42 Å². The van der Waals surface area contributed by atoms with Crippen LogP contribution < -0.4 is 0 Å². The van der Waals surface area contributed by atoms with Gasteiger partial charge in [0.1, 0.15) is 0 Å². The van der Waals surface area contributed by atoms with Gasteiger partial charge in [0.25, 0.3) is 5.91 Å². The highest BCUT2D eigenvalue weighted by molar-refractivity contribution is 7.90. The van der Waals surface area contributed by atoms with E-state index in [-0.39, 0.29) is 10.8 Å². The van der Waals surface area contributed by atoms with Crippen LogP contribution in [0.25, 0.3) is 0 Å². The van der Waals surface area contributed by atoms with E-state index in [1.54, 1.807) is 29.2 Å². The fourth-order valence-corrected chi connectivity index (χ4v) is 3.17. The minimum atomic E-state index is -3.28. The Balaban J connectivity index is 2.22. The average Bonchev–Trinajstić information content (AvgIpc) is 2.59. The molecule has 140 valence electrons. The first kappa shape index (κ1) is 20.4. The zero-order valence-electron chi connectivity index (χ0n) is 15.1. The van der Waals surface area contributed by atoms with E-state index in [4.69, 9.17) is 11.6 Å². The smallest absolute Gasteiger partial charge is 0.254 e. The van der Waals surface area contributed by atoms with E-state index in [0.717, 1.165) is 18.4 Å². The summed E-state index contributed by atoms with van der Waals surface area (Å²) in [5.41, 5.74) is 1.44. The van der Waals surface area contributed by atoms with E-state index in [1.807, 2.05) is 31.1 Å². The molecular formula is C19H23ClN2O3S. The van der Waals surface area contributed by atoms with Crippen molar-refractivity contribution >= 4 is 27.3 Å². The van der Waals surface area contributed by atoms with Crippen molar-refractivity contribution in [3.8, 4) is 0 Å². The summed E-state index contributed by atoms with van der Waals surface area (Å²) in [6, 6.07) is 13.4. The van der Waals surface area contributed by atoms with E-state index in [0.29, 0.717) is 23.7 Å². The summed E-state index contributed by atoms with van der Waals surface area (Å²) in [5.74, 6) is -0.137. The van der Waals surface area contributed by atoms with Crippen molar-refractivity contribution in [1.82, 2.24) is 9.80 Å². The first-order valence-electron chi connectivity index (χ1n) is 8.15. The second kappa shape index (κ2) is 8.66. The van der Waals surface area contributed by atoms with Crippen LogP contribution in [0.3, 0.4) is 0 Å². The molecule has 0 N–H and O–H groups in total. The molecule has 0 fully saturated rings. The molecule has 2 aromatic carbocycles. The molecule has 0 bridgehead atoms. The zero-order chi connectivity index (χ0) is 19.3. The molecular weight excluding hydrogens is 372 g/mol. The van der Waals surface area contributed by atoms with Gasteiger partial charge in [-0.05, 0) is 56.1 Å². The number of hydrogen-bond donors (Lipinski definition) is 0. The van der Waals surface area contributed by atoms with Crippen molar-refractivity contribution in [2.75, 3.05) is 33.4 Å². The number of rotatable bonds is 7. The predicted molar refractivity (Wildman–Crippen MR) is 104 cm³/mol. The molecule has 0 radical (unpaired) electrons. The summed E-state index contributed by atoms with van der Waals surface area (Å²) in [5, 5.41) is 0.649. The Morgan fingerprint density at radius 3 is 2.04 bits per heavy atom. The Hall–Kier alpha value is -1.89. The molecule has 0 heterocycles. The van der Waals surface area contributed by atoms with E-state index >= 15 is 0 Å². The topological polar surface area (TPSA) is 57.7 Å². The van der Waals surface area contributed by atoms with Crippen LogP contribution >= 0.6 is 11.6 Å². The molecule has 0 spiro atoms. The van der Waals surface area contributed by atoms with Crippen LogP contribution in [-0.4, -0.2) is 57.6 Å². The Bertz CT molecular complexity index is 847. The van der Waals surface area contributed by atoms with E-state index in [1.165, 1.54) is 12.1 Å². The lowest BCUT2D eigenvalue weighted by atomic mass is 10.1. The second-order valence-corrected chi connectivity index (χ2v) is 8.91. The zero-order valence-corrected chi connectivity index (χ0v) is 16.7. The van der Waals surface area contributed by atoms with Crippen LogP contribution in [0.4, 0.5) is 0 Å². The molecule has 26 heavy (non-hydrogen) atoms. The van der Waals surface area contributed by atoms with Crippen LogP contribution in [0.15, 0.2) is 53.4 Å². The number of carbonyl (C=O) groups excluding carboxylic acids is 1. The van der Waals surface area contributed by atoms with Gasteiger partial charge in [-0.15, -0.1) is 0 Å². The van der Waals surface area contributed by atoms with Gasteiger partial charge < -0.3 is 9.80 Å². The first-order chi connectivity index (χ1) is 12.2. The third-order valence-corrected chi connectivity index (χ3v) is 5.30. The standard InChI is InChI=1S/C19H23ClN2O3S/c1-21(2)12-13-22(14-15-4-8-17(20)9-5-15)19(23)16-6-10-18(11-7-16)26(3,24)25/h4-11H,12-14H2,1-3H3. The third-order valence-electron chi connectivity index (χ3n) is 3.92. The summed E-state index contributed by atoms with van der Waals surface area (Å²) in [6.07, 6.45) is 1.15. The molecule has 0 atom stereocenters. The maximum absolute atomic E-state index is 12.9. The lowest BCUT2D eigenvalue weighted by molar-refractivity contribution is 0.0732. The number of halogens is 1. The van der Waals surface area contributed by atoms with Crippen molar-refractivity contribution in [2.45, 2.75) is 11.4 Å². The molecule has 0 aliphatic carbocycles. The van der Waals surface area contributed by atoms with Crippen molar-refractivity contribution in [3.63, 3.8) is 0 Å². The molecule has 0 aliphatic heterocycles. The fraction of sp³-hybridized carbons (Fsp3) is 0.316. The number of carbonyl (C=O) groups is 1. The maximum Gasteiger partial charge on any atom is 0.254 e. The third kappa shape index (κ3) is 5.83. The average molecular weight is 395 g/mol. The molecule has 7 heteroatoms. The summed E-state index contributed by atoms with van der Waals surface area (Å²) in [6.45, 7) is 1.74. The van der Waals surface area contributed by atoms with Crippen LogP contribution in [0, 0.1) is 0 Å². The van der Waals surface area contributed by atoms with Crippen LogP contribution in [0.2, 0.25) is 5.02 Å². The molecule has 0 saturated heterocycles. The Kier molecular flexibility index (Phi) is 6.81. The summed E-state index contributed by atoms with van der Waals surface area (Å²) < 4.78 is 23.2. The predicted octanol–water partition coefficient (Wildman–Crippen LogP) is 2.95. The fourth-order valence-electron chi connectivity index (χ4n) is 2.41. The Morgan fingerprint density at radius 2 is 1.54 bits per heavy atom. The van der Waals surface area contributed by atoms with Crippen LogP contribution in [0.5, 0.6) is 0 Å². The van der Waals surface area contributed by atoms with Crippen molar-refractivity contribution in [2.24, 2.45) is 0 Å². The highest BCUT2D eigenvalue weighted by atomic mass is 35.5. The van der Waals surface area contributed by atoms with Crippen molar-refractivity contribution in [1.29, 1.82) is 0 Å². The quantitative estimate of drug-likeness (QED) is 0.724. The Labute approximate surface area is 160 Å². The minimum Gasteiger partial charge on any atom is -0.333 e. The van der Waals surface area contributed by atoms with Gasteiger partial charge in [0, 0.05) is 36.5 Å². The number of amides is 1. The van der Waals surface area contributed by atoms with Crippen molar-refractivity contribution < 1.29 is 13.2 Å².